The number of carbonyl (C=O) groups is 2. The monoisotopic (exact) mass is 735 g/mol. The summed E-state index contributed by atoms with van der Waals surface area (Å²) in [5.74, 6) is 2.52. The molecule has 0 bridgehead atoms. The van der Waals surface area contributed by atoms with Crippen LogP contribution in [0.25, 0.3) is 11.3 Å². The molecule has 1 aliphatic heterocycles. The first-order valence-corrected chi connectivity index (χ1v) is 18.8. The molecule has 10 heteroatoms. The fourth-order valence-corrected chi connectivity index (χ4v) is 7.49. The maximum Gasteiger partial charge on any atom is 0.410 e. The third-order valence-electron chi connectivity index (χ3n) is 10.3. The summed E-state index contributed by atoms with van der Waals surface area (Å²) >= 11 is 6.65. The van der Waals surface area contributed by atoms with Crippen molar-refractivity contribution in [2.75, 3.05) is 26.2 Å². The predicted molar refractivity (Wildman–Crippen MR) is 207 cm³/mol. The average Bonchev–Trinajstić information content (AvgIpc) is 3.43. The van der Waals surface area contributed by atoms with Gasteiger partial charge in [0.05, 0.1) is 34.3 Å². The van der Waals surface area contributed by atoms with E-state index in [4.69, 9.17) is 20.8 Å². The topological polar surface area (TPSA) is 120 Å². The number of hydrogen-bond acceptors (Lipinski definition) is 7. The molecule has 1 saturated carbocycles. The second kappa shape index (κ2) is 15.8. The number of carbonyl (C=O) groups excluding carboxylic acids is 2. The van der Waals surface area contributed by atoms with E-state index in [1.165, 1.54) is 11.1 Å². The summed E-state index contributed by atoms with van der Waals surface area (Å²) in [6.45, 7) is 15.1. The number of nitriles is 1. The van der Waals surface area contributed by atoms with Crippen molar-refractivity contribution in [2.24, 2.45) is 17.8 Å². The number of nitrogens with zero attached hydrogens (tertiary/aromatic N) is 2. The Balaban J connectivity index is 1.10. The number of amides is 2. The van der Waals surface area contributed by atoms with Crippen molar-refractivity contribution in [3.8, 4) is 17.4 Å². The fraction of sp³-hybridized carbons (Fsp3) is 0.419. The fourth-order valence-electron chi connectivity index (χ4n) is 7.29. The Morgan fingerprint density at radius 3 is 2.36 bits per heavy atom. The van der Waals surface area contributed by atoms with E-state index >= 15 is 0 Å². The highest BCUT2D eigenvalue weighted by Gasteiger charge is 2.56. The Morgan fingerprint density at radius 2 is 1.70 bits per heavy atom. The third kappa shape index (κ3) is 9.68. The van der Waals surface area contributed by atoms with Gasteiger partial charge in [-0.3, -0.25) is 4.79 Å². The Hall–Kier alpha value is -4.62. The highest BCUT2D eigenvalue weighted by molar-refractivity contribution is 6.34. The van der Waals surface area contributed by atoms with Gasteiger partial charge >= 0.3 is 6.09 Å². The van der Waals surface area contributed by atoms with E-state index in [9.17, 15) is 14.9 Å². The van der Waals surface area contributed by atoms with Gasteiger partial charge in [-0.25, -0.2) is 4.79 Å². The van der Waals surface area contributed by atoms with Crippen molar-refractivity contribution >= 4 is 23.6 Å². The minimum absolute atomic E-state index is 0.154. The van der Waals surface area contributed by atoms with E-state index in [1.807, 2.05) is 62.9 Å². The van der Waals surface area contributed by atoms with E-state index in [-0.39, 0.29) is 18.0 Å². The van der Waals surface area contributed by atoms with Gasteiger partial charge in [0.25, 0.3) is 5.91 Å². The van der Waals surface area contributed by atoms with Crippen molar-refractivity contribution in [2.45, 2.75) is 71.7 Å². The van der Waals surface area contributed by atoms with Crippen LogP contribution in [0, 0.1) is 36.0 Å². The van der Waals surface area contributed by atoms with E-state index < -0.39 is 11.1 Å². The molecule has 3 N–H and O–H groups in total. The highest BCUT2D eigenvalue weighted by Crippen LogP contribution is 2.51. The number of nitrogens with one attached hydrogen (secondary N) is 3. The Morgan fingerprint density at radius 1 is 1.00 bits per heavy atom. The van der Waals surface area contributed by atoms with Crippen molar-refractivity contribution in [1.82, 2.24) is 20.9 Å². The van der Waals surface area contributed by atoms with Crippen LogP contribution in [0.5, 0.6) is 0 Å². The van der Waals surface area contributed by atoms with Crippen LogP contribution in [0.3, 0.4) is 0 Å². The molecule has 0 unspecified atom stereocenters. The number of likely N-dealkylation sites (tertiary alicyclic amines) is 1. The van der Waals surface area contributed by atoms with Crippen LogP contribution in [0.4, 0.5) is 4.79 Å². The van der Waals surface area contributed by atoms with Crippen LogP contribution in [-0.2, 0) is 17.7 Å². The van der Waals surface area contributed by atoms with E-state index in [0.717, 1.165) is 23.4 Å². The second-order valence-corrected chi connectivity index (χ2v) is 16.4. The molecule has 4 aromatic rings. The first kappa shape index (κ1) is 38.1. The number of hydrogen-bond donors (Lipinski definition) is 3. The molecular formula is C43H50ClN5O4. The minimum atomic E-state index is -0.686. The quantitative estimate of drug-likeness (QED) is 0.127. The SMILES string of the molecule is Cc1ccc([C@@H](C)NCc2ccc(-c3ccc(Cl)c(C(=O)N[C@](C)(CNC[C@@H]4[C@H]5CN(C(=O)OC(C)(C)C)C[C@@H]45)Cc4ccc(C#N)cc4)c3)o2)cc1. The van der Waals surface area contributed by atoms with E-state index in [1.54, 1.807) is 24.3 Å². The molecular weight excluding hydrogens is 686 g/mol. The predicted octanol–water partition coefficient (Wildman–Crippen LogP) is 8.06. The summed E-state index contributed by atoms with van der Waals surface area (Å²) in [6, 6.07) is 27.5. The lowest BCUT2D eigenvalue weighted by Gasteiger charge is -2.32. The van der Waals surface area contributed by atoms with E-state index in [0.29, 0.717) is 72.3 Å². The molecule has 2 fully saturated rings. The smallest absolute Gasteiger partial charge is 0.410 e. The standard InChI is InChI=1S/C43H50ClN5O4/c1-27-7-13-31(14-8-27)28(2)47-22-33-16-18-39(52-33)32-15-17-38(44)34(19-32)40(50)48-43(6,20-29-9-11-30(21-45)12-10-29)26-46-23-35-36-24-49(25-37(35)36)41(51)53-42(3,4)5/h7-19,28,35-37,46-47H,20,22-26H2,1-6H3,(H,48,50)/t28-,35-,36-,37+,43+/m1/s1. The maximum atomic E-state index is 14.0. The molecule has 2 heterocycles. The Labute approximate surface area is 318 Å². The highest BCUT2D eigenvalue weighted by atomic mass is 35.5. The van der Waals surface area contributed by atoms with Crippen LogP contribution in [0.1, 0.15) is 79.0 Å². The largest absolute Gasteiger partial charge is 0.460 e. The summed E-state index contributed by atoms with van der Waals surface area (Å²) in [5, 5.41) is 20.1. The van der Waals surface area contributed by atoms with Crippen molar-refractivity contribution in [3.63, 3.8) is 0 Å². The minimum Gasteiger partial charge on any atom is -0.460 e. The molecule has 2 aliphatic rings. The number of aryl methyl sites for hydroxylation is 1. The Bertz CT molecular complexity index is 1950. The molecule has 5 atom stereocenters. The number of piperidine rings is 1. The summed E-state index contributed by atoms with van der Waals surface area (Å²) in [6.07, 6.45) is 0.290. The number of fused-ring (bicyclic) bond motifs is 1. The molecule has 1 aromatic heterocycles. The summed E-state index contributed by atoms with van der Waals surface area (Å²) in [4.78, 5) is 28.4. The summed E-state index contributed by atoms with van der Waals surface area (Å²) in [7, 11) is 0. The zero-order valence-electron chi connectivity index (χ0n) is 31.5. The first-order chi connectivity index (χ1) is 25.2. The first-order valence-electron chi connectivity index (χ1n) is 18.4. The molecule has 53 heavy (non-hydrogen) atoms. The lowest BCUT2D eigenvalue weighted by Crippen LogP contribution is -2.54. The molecule has 6 rings (SSSR count). The van der Waals surface area contributed by atoms with Gasteiger partial charge in [0.1, 0.15) is 17.1 Å². The number of halogens is 1. The van der Waals surface area contributed by atoms with Gasteiger partial charge in [0.2, 0.25) is 0 Å². The molecule has 1 aliphatic carbocycles. The van der Waals surface area contributed by atoms with Crippen LogP contribution >= 0.6 is 11.6 Å². The zero-order valence-corrected chi connectivity index (χ0v) is 32.2. The van der Waals surface area contributed by atoms with Gasteiger partial charge in [-0.05, 0) is 126 Å². The molecule has 2 amide bonds. The van der Waals surface area contributed by atoms with Crippen LogP contribution in [0.15, 0.2) is 83.3 Å². The number of benzene rings is 3. The maximum absolute atomic E-state index is 14.0. The molecule has 278 valence electrons. The van der Waals surface area contributed by atoms with E-state index in [2.05, 4.69) is 60.1 Å². The lowest BCUT2D eigenvalue weighted by molar-refractivity contribution is 0.0265. The molecule has 0 radical (unpaired) electrons. The molecule has 9 nitrogen and oxygen atoms in total. The van der Waals surface area contributed by atoms with Crippen molar-refractivity contribution in [3.05, 3.63) is 117 Å². The summed E-state index contributed by atoms with van der Waals surface area (Å²) in [5.41, 5.74) is 3.93. The summed E-state index contributed by atoms with van der Waals surface area (Å²) < 4.78 is 11.8. The van der Waals surface area contributed by atoms with Crippen LogP contribution in [0.2, 0.25) is 5.02 Å². The van der Waals surface area contributed by atoms with Crippen LogP contribution in [-0.4, -0.2) is 54.2 Å². The van der Waals surface area contributed by atoms with Crippen molar-refractivity contribution in [1.29, 1.82) is 5.26 Å². The zero-order chi connectivity index (χ0) is 37.9. The molecule has 1 saturated heterocycles. The average molecular weight is 736 g/mol. The van der Waals surface area contributed by atoms with Gasteiger partial charge in [0, 0.05) is 31.2 Å². The van der Waals surface area contributed by atoms with Crippen molar-refractivity contribution < 1.29 is 18.7 Å². The van der Waals surface area contributed by atoms with Gasteiger partial charge in [-0.15, -0.1) is 0 Å². The van der Waals surface area contributed by atoms with Gasteiger partial charge < -0.3 is 30.0 Å². The molecule has 3 aromatic carbocycles. The van der Waals surface area contributed by atoms with Gasteiger partial charge in [-0.2, -0.15) is 5.26 Å². The number of furan rings is 1. The van der Waals surface area contributed by atoms with Gasteiger partial charge in [-0.1, -0.05) is 53.6 Å². The van der Waals surface area contributed by atoms with Crippen LogP contribution < -0.4 is 16.0 Å². The second-order valence-electron chi connectivity index (χ2n) is 16.0. The third-order valence-corrected chi connectivity index (χ3v) is 10.7. The lowest BCUT2D eigenvalue weighted by atomic mass is 9.91. The number of rotatable bonds is 13. The number of ether oxygens (including phenoxy) is 1. The Kier molecular flexibility index (Phi) is 11.3. The molecule has 0 spiro atoms. The normalized spacial score (nSPS) is 19.5. The van der Waals surface area contributed by atoms with Gasteiger partial charge in [0.15, 0.2) is 0 Å².